The van der Waals surface area contributed by atoms with Crippen molar-refractivity contribution in [3.63, 3.8) is 0 Å². The van der Waals surface area contributed by atoms with E-state index < -0.39 is 6.10 Å². The summed E-state index contributed by atoms with van der Waals surface area (Å²) in [4.78, 5) is 17.7. The molecular weight excluding hydrogens is 483 g/mol. The zero-order chi connectivity index (χ0) is 19.8. The first-order valence-electron chi connectivity index (χ1n) is 9.58. The number of rotatable bonds is 6. The number of guanidine groups is 1. The third kappa shape index (κ3) is 6.43. The molecule has 0 amide bonds. The number of aromatic nitrogens is 2. The third-order valence-electron chi connectivity index (χ3n) is 4.66. The highest BCUT2D eigenvalue weighted by Crippen LogP contribution is 2.18. The van der Waals surface area contributed by atoms with Gasteiger partial charge in [0.05, 0.1) is 19.8 Å². The lowest BCUT2D eigenvalue weighted by Gasteiger charge is -2.36. The minimum absolute atomic E-state index is 0. The number of aliphatic hydroxyl groups excluding tert-OH is 1. The summed E-state index contributed by atoms with van der Waals surface area (Å²) in [5.74, 6) is 2.36. The molecule has 2 N–H and O–H groups in total. The second kappa shape index (κ2) is 11.8. The Morgan fingerprint density at radius 3 is 2.41 bits per heavy atom. The van der Waals surface area contributed by atoms with Gasteiger partial charge in [-0.2, -0.15) is 0 Å². The summed E-state index contributed by atoms with van der Waals surface area (Å²) in [5.41, 5.74) is 0.825. The number of benzene rings is 1. The Morgan fingerprint density at radius 1 is 1.17 bits per heavy atom. The van der Waals surface area contributed by atoms with Crippen LogP contribution >= 0.6 is 24.0 Å². The Hall–Kier alpha value is -2.14. The second-order valence-electron chi connectivity index (χ2n) is 6.51. The summed E-state index contributed by atoms with van der Waals surface area (Å²) in [6, 6.07) is 9.25. The number of methoxy groups -OCH3 is 1. The molecular formula is C20H29IN6O2. The van der Waals surface area contributed by atoms with Gasteiger partial charge < -0.3 is 25.0 Å². The number of hydrogen-bond acceptors (Lipinski definition) is 6. The van der Waals surface area contributed by atoms with Gasteiger partial charge in [0, 0.05) is 45.1 Å². The topological polar surface area (TPSA) is 86.1 Å². The predicted octanol–water partition coefficient (Wildman–Crippen LogP) is 1.92. The minimum atomic E-state index is -0.654. The van der Waals surface area contributed by atoms with Crippen molar-refractivity contribution < 1.29 is 9.84 Å². The lowest BCUT2D eigenvalue weighted by atomic mass is 10.1. The molecule has 29 heavy (non-hydrogen) atoms. The Labute approximate surface area is 189 Å². The van der Waals surface area contributed by atoms with Crippen LogP contribution in [0, 0.1) is 0 Å². The van der Waals surface area contributed by atoms with Crippen LogP contribution in [0.2, 0.25) is 0 Å². The van der Waals surface area contributed by atoms with E-state index in [1.165, 1.54) is 0 Å². The number of aliphatic imine (C=N–C) groups is 1. The molecule has 8 nitrogen and oxygen atoms in total. The van der Waals surface area contributed by atoms with Gasteiger partial charge in [-0.25, -0.2) is 9.97 Å². The van der Waals surface area contributed by atoms with Crippen LogP contribution in [0.1, 0.15) is 18.6 Å². The van der Waals surface area contributed by atoms with E-state index >= 15 is 0 Å². The van der Waals surface area contributed by atoms with Crippen LogP contribution < -0.4 is 15.0 Å². The number of piperazine rings is 1. The Morgan fingerprint density at radius 2 is 1.83 bits per heavy atom. The van der Waals surface area contributed by atoms with E-state index in [0.29, 0.717) is 6.54 Å². The highest BCUT2D eigenvalue weighted by atomic mass is 127. The van der Waals surface area contributed by atoms with Crippen LogP contribution in [-0.2, 0) is 0 Å². The zero-order valence-electron chi connectivity index (χ0n) is 16.9. The highest BCUT2D eigenvalue weighted by molar-refractivity contribution is 14.0. The Balaban J connectivity index is 0.00000300. The van der Waals surface area contributed by atoms with Crippen LogP contribution in [0.5, 0.6) is 5.75 Å². The van der Waals surface area contributed by atoms with Crippen molar-refractivity contribution >= 4 is 35.9 Å². The molecule has 0 bridgehead atoms. The van der Waals surface area contributed by atoms with Crippen LogP contribution in [0.3, 0.4) is 0 Å². The van der Waals surface area contributed by atoms with Crippen molar-refractivity contribution in [2.75, 3.05) is 51.3 Å². The Kier molecular flexibility index (Phi) is 9.39. The summed E-state index contributed by atoms with van der Waals surface area (Å²) < 4.78 is 5.16. The average Bonchev–Trinajstić information content (AvgIpc) is 2.77. The molecule has 1 atom stereocenters. The third-order valence-corrected chi connectivity index (χ3v) is 4.66. The summed E-state index contributed by atoms with van der Waals surface area (Å²) in [5, 5.41) is 13.8. The van der Waals surface area contributed by atoms with Gasteiger partial charge in [0.1, 0.15) is 5.75 Å². The molecule has 1 aromatic carbocycles. The van der Waals surface area contributed by atoms with Gasteiger partial charge in [0.15, 0.2) is 5.96 Å². The standard InChI is InChI=1S/C20H28N6O2.HI/c1-3-21-19(24-15-18(27)16-5-7-17(28-2)8-6-16)25-11-13-26(14-12-25)20-22-9-4-10-23-20;/h4-10,18,27H,3,11-15H2,1-2H3,(H,21,24);1H. The first kappa shape index (κ1) is 23.1. The van der Waals surface area contributed by atoms with Gasteiger partial charge in [0.2, 0.25) is 5.95 Å². The van der Waals surface area contributed by atoms with Crippen LogP contribution in [0.25, 0.3) is 0 Å². The molecule has 1 aliphatic rings. The van der Waals surface area contributed by atoms with Gasteiger partial charge in [0.25, 0.3) is 0 Å². The maximum atomic E-state index is 10.5. The summed E-state index contributed by atoms with van der Waals surface area (Å²) in [6.07, 6.45) is 2.88. The molecule has 0 saturated carbocycles. The normalized spacial score (nSPS) is 15.5. The van der Waals surface area contributed by atoms with Crippen molar-refractivity contribution in [1.82, 2.24) is 20.2 Å². The fraction of sp³-hybridized carbons (Fsp3) is 0.450. The van der Waals surface area contributed by atoms with Crippen LogP contribution in [0.15, 0.2) is 47.7 Å². The van der Waals surface area contributed by atoms with E-state index in [9.17, 15) is 5.11 Å². The smallest absolute Gasteiger partial charge is 0.225 e. The number of aliphatic hydroxyl groups is 1. The molecule has 1 aliphatic heterocycles. The van der Waals surface area contributed by atoms with Gasteiger partial charge in [-0.1, -0.05) is 12.1 Å². The molecule has 3 rings (SSSR count). The molecule has 0 spiro atoms. The number of hydrogen-bond donors (Lipinski definition) is 2. The van der Waals surface area contributed by atoms with E-state index in [2.05, 4.69) is 30.1 Å². The molecule has 158 valence electrons. The molecule has 1 saturated heterocycles. The molecule has 1 aromatic heterocycles. The van der Waals surface area contributed by atoms with Crippen LogP contribution in [-0.4, -0.2) is 72.3 Å². The van der Waals surface area contributed by atoms with E-state index in [0.717, 1.165) is 55.9 Å². The van der Waals surface area contributed by atoms with Crippen molar-refractivity contribution in [2.24, 2.45) is 4.99 Å². The molecule has 2 heterocycles. The summed E-state index contributed by atoms with van der Waals surface area (Å²) >= 11 is 0. The number of anilines is 1. The van der Waals surface area contributed by atoms with Gasteiger partial charge in [-0.3, -0.25) is 4.99 Å². The van der Waals surface area contributed by atoms with Gasteiger partial charge in [-0.05, 0) is 30.7 Å². The lowest BCUT2D eigenvalue weighted by Crippen LogP contribution is -2.53. The fourth-order valence-electron chi connectivity index (χ4n) is 3.10. The number of ether oxygens (including phenoxy) is 1. The second-order valence-corrected chi connectivity index (χ2v) is 6.51. The number of halogens is 1. The number of nitrogens with one attached hydrogen (secondary N) is 1. The van der Waals surface area contributed by atoms with Gasteiger partial charge >= 0.3 is 0 Å². The van der Waals surface area contributed by atoms with Crippen molar-refractivity contribution in [1.29, 1.82) is 0 Å². The molecule has 0 aliphatic carbocycles. The minimum Gasteiger partial charge on any atom is -0.497 e. The SMILES string of the molecule is CCNC(=NCC(O)c1ccc(OC)cc1)N1CCN(c2ncccn2)CC1.I. The lowest BCUT2D eigenvalue weighted by molar-refractivity contribution is 0.186. The van der Waals surface area contributed by atoms with Crippen molar-refractivity contribution in [3.05, 3.63) is 48.3 Å². The zero-order valence-corrected chi connectivity index (χ0v) is 19.2. The Bertz CT molecular complexity index is 751. The van der Waals surface area contributed by atoms with E-state index in [1.54, 1.807) is 19.5 Å². The number of nitrogens with zero attached hydrogens (tertiary/aromatic N) is 5. The molecule has 1 fully saturated rings. The first-order chi connectivity index (χ1) is 13.7. The van der Waals surface area contributed by atoms with E-state index in [1.807, 2.05) is 37.3 Å². The molecule has 1 unspecified atom stereocenters. The summed E-state index contributed by atoms with van der Waals surface area (Å²) in [7, 11) is 1.63. The fourth-order valence-corrected chi connectivity index (χ4v) is 3.10. The highest BCUT2D eigenvalue weighted by Gasteiger charge is 2.21. The monoisotopic (exact) mass is 512 g/mol. The van der Waals surface area contributed by atoms with Crippen molar-refractivity contribution in [2.45, 2.75) is 13.0 Å². The first-order valence-corrected chi connectivity index (χ1v) is 9.58. The average molecular weight is 512 g/mol. The van der Waals surface area contributed by atoms with E-state index in [4.69, 9.17) is 4.74 Å². The van der Waals surface area contributed by atoms with Crippen molar-refractivity contribution in [3.8, 4) is 5.75 Å². The predicted molar refractivity (Wildman–Crippen MR) is 125 cm³/mol. The molecule has 9 heteroatoms. The van der Waals surface area contributed by atoms with Crippen LogP contribution in [0.4, 0.5) is 5.95 Å². The molecule has 0 radical (unpaired) electrons. The van der Waals surface area contributed by atoms with Gasteiger partial charge in [-0.15, -0.1) is 24.0 Å². The largest absolute Gasteiger partial charge is 0.497 e. The quantitative estimate of drug-likeness (QED) is 0.348. The maximum absolute atomic E-state index is 10.5. The maximum Gasteiger partial charge on any atom is 0.225 e. The summed E-state index contributed by atoms with van der Waals surface area (Å²) in [6.45, 7) is 6.43. The molecule has 2 aromatic rings. The van der Waals surface area contributed by atoms with E-state index in [-0.39, 0.29) is 24.0 Å².